The molecule has 0 heterocycles. The molecular formula is C20H30N3NaO14. The normalized spacial score (nSPS) is 7.13. The van der Waals surface area contributed by atoms with Gasteiger partial charge in [-0.05, 0) is 0 Å². The number of rotatable bonds is 4. The van der Waals surface area contributed by atoms with Gasteiger partial charge in [0.05, 0.1) is 24.2 Å². The second-order valence-electron chi connectivity index (χ2n) is 5.69. The van der Waals surface area contributed by atoms with Crippen LogP contribution in [0.15, 0.2) is 0 Å². The molecule has 0 unspecified atom stereocenters. The van der Waals surface area contributed by atoms with Crippen molar-refractivity contribution in [3.63, 3.8) is 0 Å². The van der Waals surface area contributed by atoms with E-state index in [4.69, 9.17) is 75.2 Å². The molecule has 0 saturated carbocycles. The number of aliphatic carboxylic acids is 7. The summed E-state index contributed by atoms with van der Waals surface area (Å²) in [5, 5.41) is 80.2. The van der Waals surface area contributed by atoms with E-state index in [1.807, 2.05) is 0 Å². The van der Waals surface area contributed by atoms with Gasteiger partial charge in [0.2, 0.25) is 0 Å². The zero-order valence-electron chi connectivity index (χ0n) is 21.9. The van der Waals surface area contributed by atoms with Crippen LogP contribution >= 0.6 is 0 Å². The first-order valence-electron chi connectivity index (χ1n) is 9.02. The molecule has 0 aromatic carbocycles. The van der Waals surface area contributed by atoms with Crippen LogP contribution in [0.3, 0.4) is 0 Å². The molecule has 210 valence electrons. The molecule has 0 bridgehead atoms. The summed E-state index contributed by atoms with van der Waals surface area (Å²) < 4.78 is 0. The van der Waals surface area contributed by atoms with E-state index in [1.165, 1.54) is 0 Å². The van der Waals surface area contributed by atoms with E-state index in [1.54, 1.807) is 18.2 Å². The molecule has 0 radical (unpaired) electrons. The molecule has 0 aromatic heterocycles. The Kier molecular flexibility index (Phi) is 57.4. The van der Waals surface area contributed by atoms with E-state index in [0.29, 0.717) is 0 Å². The summed E-state index contributed by atoms with van der Waals surface area (Å²) in [6.07, 6.45) is -1.14. The molecule has 0 saturated heterocycles. The Bertz CT molecular complexity index is 682. The maximum absolute atomic E-state index is 10.6. The molecule has 0 atom stereocenters. The minimum Gasteiger partial charge on any atom is -0.549 e. The maximum Gasteiger partial charge on any atom is 1.00 e. The van der Waals surface area contributed by atoms with Crippen LogP contribution in [0, 0.1) is 39.4 Å². The van der Waals surface area contributed by atoms with E-state index in [2.05, 4.69) is 0 Å². The molecule has 0 aromatic rings. The molecule has 0 rings (SSSR count). The summed E-state index contributed by atoms with van der Waals surface area (Å²) >= 11 is 0. The van der Waals surface area contributed by atoms with Gasteiger partial charge >= 0.3 is 29.6 Å². The Morgan fingerprint density at radius 2 is 0.632 bits per heavy atom. The Balaban J connectivity index is -0.0000000505. The third kappa shape index (κ3) is 159. The van der Waals surface area contributed by atoms with E-state index in [-0.39, 0.29) is 48.8 Å². The van der Waals surface area contributed by atoms with Crippen LogP contribution in [-0.4, -0.2) is 72.4 Å². The summed E-state index contributed by atoms with van der Waals surface area (Å²) in [4.78, 5) is 64.6. The molecular weight excluding hydrogens is 529 g/mol. The second kappa shape index (κ2) is 40.0. The predicted molar refractivity (Wildman–Crippen MR) is 118 cm³/mol. The number of nitrogens with zero attached hydrogens (tertiary/aromatic N) is 3. The maximum atomic E-state index is 10.6. The van der Waals surface area contributed by atoms with E-state index in [0.717, 1.165) is 41.5 Å². The fraction of sp³-hybridized carbons (Fsp3) is 0.500. The molecule has 0 aliphatic rings. The van der Waals surface area contributed by atoms with Crippen LogP contribution < -0.4 is 34.7 Å². The van der Waals surface area contributed by atoms with Gasteiger partial charge in [0, 0.05) is 66.2 Å². The fourth-order valence-corrected chi connectivity index (χ4v) is 0.858. The van der Waals surface area contributed by atoms with Crippen molar-refractivity contribution < 1.29 is 98.9 Å². The molecule has 0 fully saturated rings. The summed E-state index contributed by atoms with van der Waals surface area (Å²) in [6, 6.07) is 4.91. The monoisotopic (exact) mass is 559 g/mol. The summed E-state index contributed by atoms with van der Waals surface area (Å²) in [5.74, 6) is -6.52. The fourth-order valence-electron chi connectivity index (χ4n) is 0.858. The standard InChI is InChI=1S/C8H7N3O2.6C2H4O2.Na/c9-4-1-8(2-5-10,3-6-11)7(12)13;6*1-2(3)4;/h1-3H2,(H,12,13);6*1H3,(H,3,4);/q;;;;;;;+1/p-1. The van der Waals surface area contributed by atoms with Crippen molar-refractivity contribution in [1.29, 1.82) is 15.8 Å². The van der Waals surface area contributed by atoms with E-state index in [9.17, 15) is 9.90 Å². The topological polar surface area (TPSA) is 335 Å². The largest absolute Gasteiger partial charge is 1.00 e. The third-order valence-electron chi connectivity index (χ3n) is 1.69. The van der Waals surface area contributed by atoms with E-state index >= 15 is 0 Å². The van der Waals surface area contributed by atoms with Crippen LogP contribution in [0.2, 0.25) is 0 Å². The summed E-state index contributed by atoms with van der Waals surface area (Å²) in [6.45, 7) is 6.50. The van der Waals surface area contributed by atoms with Gasteiger partial charge in [0.1, 0.15) is 0 Å². The number of carbonyl (C=O) groups is 7. The van der Waals surface area contributed by atoms with Gasteiger partial charge < -0.3 is 40.5 Å². The van der Waals surface area contributed by atoms with Crippen molar-refractivity contribution in [3.8, 4) is 18.2 Å². The Labute approximate surface area is 240 Å². The molecule has 0 amide bonds. The van der Waals surface area contributed by atoms with Crippen molar-refractivity contribution in [2.24, 2.45) is 5.41 Å². The number of hydrogen-bond acceptors (Lipinski definition) is 11. The molecule has 17 nitrogen and oxygen atoms in total. The van der Waals surface area contributed by atoms with Crippen molar-refractivity contribution >= 4 is 41.8 Å². The first-order valence-corrected chi connectivity index (χ1v) is 9.02. The predicted octanol–water partition coefficient (Wildman–Crippen LogP) is -2.99. The number of hydrogen-bond donors (Lipinski definition) is 6. The van der Waals surface area contributed by atoms with Crippen LogP contribution in [0.4, 0.5) is 0 Å². The molecule has 0 aliphatic heterocycles. The van der Waals surface area contributed by atoms with Crippen LogP contribution in [0.25, 0.3) is 0 Å². The zero-order valence-corrected chi connectivity index (χ0v) is 23.9. The van der Waals surface area contributed by atoms with Gasteiger partial charge in [0.25, 0.3) is 35.8 Å². The zero-order chi connectivity index (χ0) is 31.8. The van der Waals surface area contributed by atoms with Crippen molar-refractivity contribution in [2.75, 3.05) is 0 Å². The Morgan fingerprint density at radius 1 is 0.526 bits per heavy atom. The van der Waals surface area contributed by atoms with Gasteiger partial charge in [-0.25, -0.2) is 0 Å². The van der Waals surface area contributed by atoms with Crippen LogP contribution in [0.5, 0.6) is 0 Å². The Morgan fingerprint density at radius 3 is 0.684 bits per heavy atom. The quantitative estimate of drug-likeness (QED) is 0.187. The molecule has 6 N–H and O–H groups in total. The van der Waals surface area contributed by atoms with Gasteiger partial charge in [0.15, 0.2) is 0 Å². The average Bonchev–Trinajstić information content (AvgIpc) is 2.59. The molecule has 18 heteroatoms. The molecule has 38 heavy (non-hydrogen) atoms. The average molecular weight is 559 g/mol. The first kappa shape index (κ1) is 54.6. The Hall–Kier alpha value is -4.24. The van der Waals surface area contributed by atoms with Crippen molar-refractivity contribution in [2.45, 2.75) is 60.8 Å². The van der Waals surface area contributed by atoms with Gasteiger partial charge in [-0.3, -0.25) is 28.8 Å². The van der Waals surface area contributed by atoms with Crippen LogP contribution in [0.1, 0.15) is 60.8 Å². The molecule has 0 aliphatic carbocycles. The minimum absolute atomic E-state index is 0. The van der Waals surface area contributed by atoms with Crippen molar-refractivity contribution in [1.82, 2.24) is 0 Å². The number of carboxylic acid groups (broad SMARTS) is 7. The molecule has 0 spiro atoms. The van der Waals surface area contributed by atoms with Crippen molar-refractivity contribution in [3.05, 3.63) is 0 Å². The third-order valence-corrected chi connectivity index (χ3v) is 1.69. The smallest absolute Gasteiger partial charge is 0.549 e. The SMILES string of the molecule is CC(=O)O.CC(=O)O.CC(=O)O.CC(=O)O.CC(=O)O.CC(=O)O.N#CCC(CC#N)(CC#N)C(=O)[O-].[Na+]. The van der Waals surface area contributed by atoms with E-state index < -0.39 is 47.2 Å². The minimum atomic E-state index is -1.63. The van der Waals surface area contributed by atoms with Gasteiger partial charge in [-0.15, -0.1) is 0 Å². The summed E-state index contributed by atoms with van der Waals surface area (Å²) in [5.41, 5.74) is -1.63. The number of carboxylic acids is 7. The van der Waals surface area contributed by atoms with Gasteiger partial charge in [-0.1, -0.05) is 0 Å². The number of carbonyl (C=O) groups excluding carboxylic acids is 1. The first-order chi connectivity index (χ1) is 16.5. The summed E-state index contributed by atoms with van der Waals surface area (Å²) in [7, 11) is 0. The number of nitriles is 3. The second-order valence-corrected chi connectivity index (χ2v) is 5.69. The van der Waals surface area contributed by atoms with Gasteiger partial charge in [-0.2, -0.15) is 15.8 Å². The van der Waals surface area contributed by atoms with Crippen LogP contribution in [-0.2, 0) is 33.6 Å².